The highest BCUT2D eigenvalue weighted by atomic mass is 16.5. The van der Waals surface area contributed by atoms with Gasteiger partial charge in [0.05, 0.1) is 0 Å². The maximum absolute atomic E-state index is 12.2. The lowest BCUT2D eigenvalue weighted by Crippen LogP contribution is -2.42. The molecule has 0 aliphatic carbocycles. The van der Waals surface area contributed by atoms with Gasteiger partial charge in [-0.15, -0.1) is 0 Å². The first-order valence-corrected chi connectivity index (χ1v) is 6.01. The monoisotopic (exact) mass is 264 g/mol. The summed E-state index contributed by atoms with van der Waals surface area (Å²) in [7, 11) is 0. The third kappa shape index (κ3) is 2.22. The summed E-state index contributed by atoms with van der Waals surface area (Å²) < 4.78 is 15.3. The second-order valence-electron chi connectivity index (χ2n) is 4.25. The summed E-state index contributed by atoms with van der Waals surface area (Å²) in [6.07, 6.45) is 4.14. The molecular weight excluding hydrogens is 250 g/mol. The SMILES string of the molecule is [2H]n1c(-n2cccn2)nc(=O)n(C2CCOCC2)c1=O. The zero-order valence-corrected chi connectivity index (χ0v) is 10.1. The first kappa shape index (κ1) is 10.7. The quantitative estimate of drug-likeness (QED) is 0.786. The Balaban J connectivity index is 2.12. The second-order valence-corrected chi connectivity index (χ2v) is 4.25. The zero-order chi connectivity index (χ0) is 14.1. The van der Waals surface area contributed by atoms with Crippen LogP contribution < -0.4 is 11.4 Å². The third-order valence-corrected chi connectivity index (χ3v) is 3.07. The molecule has 0 radical (unpaired) electrons. The molecule has 0 saturated carbocycles. The number of rotatable bonds is 2. The Bertz CT molecular complexity index is 715. The third-order valence-electron chi connectivity index (χ3n) is 3.07. The lowest BCUT2D eigenvalue weighted by atomic mass is 10.1. The molecule has 1 aliphatic rings. The standard InChI is InChI=1S/C11H13N5O3/c17-10-13-9(15-5-1-4-12-15)14-11(18)16(10)8-2-6-19-7-3-8/h1,4-5,8H,2-3,6-7H2,(H,13,14,17,18)/i/hD. The predicted octanol–water partition coefficient (Wildman–Crippen LogP) is -0.531. The van der Waals surface area contributed by atoms with Crippen molar-refractivity contribution in [2.45, 2.75) is 18.9 Å². The molecular formula is C11H13N5O3. The molecule has 3 rings (SSSR count). The number of nitrogens with zero attached hydrogens (tertiary/aromatic N) is 4. The predicted molar refractivity (Wildman–Crippen MR) is 65.3 cm³/mol. The van der Waals surface area contributed by atoms with Gasteiger partial charge in [-0.1, -0.05) is 0 Å². The fourth-order valence-electron chi connectivity index (χ4n) is 2.13. The van der Waals surface area contributed by atoms with Crippen LogP contribution in [0.25, 0.3) is 5.95 Å². The van der Waals surface area contributed by atoms with Gasteiger partial charge in [-0.05, 0) is 18.9 Å². The van der Waals surface area contributed by atoms with Crippen LogP contribution in [0.3, 0.4) is 0 Å². The van der Waals surface area contributed by atoms with E-state index in [1.54, 1.807) is 6.07 Å². The van der Waals surface area contributed by atoms with Crippen molar-refractivity contribution >= 4 is 0 Å². The molecule has 19 heavy (non-hydrogen) atoms. The fraction of sp³-hybridized carbons (Fsp3) is 0.455. The van der Waals surface area contributed by atoms with E-state index in [-0.39, 0.29) is 12.0 Å². The molecule has 1 N–H and O–H groups in total. The molecule has 3 heterocycles. The van der Waals surface area contributed by atoms with Crippen molar-refractivity contribution in [2.75, 3.05) is 13.2 Å². The Morgan fingerprint density at radius 3 is 2.89 bits per heavy atom. The average molecular weight is 264 g/mol. The number of hydrogen-bond donors (Lipinski definition) is 1. The summed E-state index contributed by atoms with van der Waals surface area (Å²) >= 11 is 0. The van der Waals surface area contributed by atoms with Gasteiger partial charge in [0.15, 0.2) is 1.41 Å². The molecule has 0 atom stereocenters. The van der Waals surface area contributed by atoms with E-state index in [1.807, 2.05) is 0 Å². The van der Waals surface area contributed by atoms with Crippen molar-refractivity contribution in [3.8, 4) is 5.95 Å². The summed E-state index contributed by atoms with van der Waals surface area (Å²) in [4.78, 5) is 28.7. The fourth-order valence-corrected chi connectivity index (χ4v) is 2.13. The van der Waals surface area contributed by atoms with Crippen molar-refractivity contribution < 1.29 is 6.15 Å². The van der Waals surface area contributed by atoms with Gasteiger partial charge >= 0.3 is 11.4 Å². The maximum atomic E-state index is 12.2. The molecule has 0 unspecified atom stereocenters. The van der Waals surface area contributed by atoms with Crippen molar-refractivity contribution in [2.24, 2.45) is 0 Å². The molecule has 1 fully saturated rings. The van der Waals surface area contributed by atoms with E-state index < -0.39 is 11.4 Å². The van der Waals surface area contributed by atoms with E-state index in [2.05, 4.69) is 10.1 Å². The van der Waals surface area contributed by atoms with E-state index in [1.165, 1.54) is 17.1 Å². The first-order valence-electron chi connectivity index (χ1n) is 6.46. The minimum Gasteiger partial charge on any atom is -0.381 e. The Kier molecular flexibility index (Phi) is 2.70. The van der Waals surface area contributed by atoms with Gasteiger partial charge in [-0.25, -0.2) is 18.8 Å². The van der Waals surface area contributed by atoms with Gasteiger partial charge in [0.2, 0.25) is 5.95 Å². The summed E-state index contributed by atoms with van der Waals surface area (Å²) in [5, 5.41) is 3.88. The van der Waals surface area contributed by atoms with Crippen LogP contribution in [0.1, 0.15) is 18.9 Å². The molecule has 2 aromatic rings. The van der Waals surface area contributed by atoms with Crippen molar-refractivity contribution in [1.29, 1.82) is 0 Å². The molecule has 0 spiro atoms. The highest BCUT2D eigenvalue weighted by molar-refractivity contribution is 5.06. The first-order chi connectivity index (χ1) is 9.68. The molecule has 8 nitrogen and oxygen atoms in total. The van der Waals surface area contributed by atoms with Crippen LogP contribution in [0.4, 0.5) is 0 Å². The van der Waals surface area contributed by atoms with Crippen LogP contribution in [0.5, 0.6) is 0 Å². The Labute approximate surface area is 109 Å². The Morgan fingerprint density at radius 2 is 2.21 bits per heavy atom. The van der Waals surface area contributed by atoms with Gasteiger partial charge in [0.1, 0.15) is 0 Å². The van der Waals surface area contributed by atoms with E-state index in [4.69, 9.17) is 6.15 Å². The molecule has 100 valence electrons. The highest BCUT2D eigenvalue weighted by Gasteiger charge is 2.20. The van der Waals surface area contributed by atoms with Crippen LogP contribution in [0, 0.1) is 0 Å². The average Bonchev–Trinajstić information content (AvgIpc) is 2.98. The number of H-pyrrole nitrogens is 1. The number of ether oxygens (including phenoxy) is 1. The molecule has 8 heteroatoms. The largest absolute Gasteiger partial charge is 0.381 e. The normalized spacial score (nSPS) is 17.4. The summed E-state index contributed by atoms with van der Waals surface area (Å²) in [6, 6.07) is 1.36. The molecule has 0 bridgehead atoms. The van der Waals surface area contributed by atoms with Gasteiger partial charge < -0.3 is 4.74 Å². The van der Waals surface area contributed by atoms with E-state index in [0.717, 1.165) is 4.57 Å². The summed E-state index contributed by atoms with van der Waals surface area (Å²) in [6.45, 7) is 0.991. The Morgan fingerprint density at radius 1 is 1.42 bits per heavy atom. The Hall–Kier alpha value is -2.22. The molecule has 0 aromatic carbocycles. The van der Waals surface area contributed by atoms with Crippen molar-refractivity contribution in [1.82, 2.24) is 24.3 Å². The van der Waals surface area contributed by atoms with Crippen molar-refractivity contribution in [3.63, 3.8) is 0 Å². The van der Waals surface area contributed by atoms with Gasteiger partial charge in [0.25, 0.3) is 0 Å². The highest BCUT2D eigenvalue weighted by Crippen LogP contribution is 2.16. The second kappa shape index (κ2) is 4.81. The van der Waals surface area contributed by atoms with Crippen LogP contribution in [-0.4, -0.2) is 37.5 Å². The van der Waals surface area contributed by atoms with Crippen LogP contribution >= 0.6 is 0 Å². The van der Waals surface area contributed by atoms with Crippen LogP contribution in [0.15, 0.2) is 28.0 Å². The lowest BCUT2D eigenvalue weighted by Gasteiger charge is -2.22. The minimum atomic E-state index is -0.706. The summed E-state index contributed by atoms with van der Waals surface area (Å²) in [5.41, 5.74) is -1.36. The van der Waals surface area contributed by atoms with Gasteiger partial charge in [-0.2, -0.15) is 10.1 Å². The topological polar surface area (TPSA) is 94.8 Å². The molecule has 2 aromatic heterocycles. The lowest BCUT2D eigenvalue weighted by molar-refractivity contribution is 0.0670. The van der Waals surface area contributed by atoms with Crippen LogP contribution in [-0.2, 0) is 4.74 Å². The number of aromatic nitrogens is 5. The number of nitrogens with one attached hydrogen (secondary N) is 1. The molecule has 1 aliphatic heterocycles. The van der Waals surface area contributed by atoms with Crippen LogP contribution in [0.2, 0.25) is 1.41 Å². The smallest absolute Gasteiger partial charge is 0.355 e. The maximum Gasteiger partial charge on any atom is 0.355 e. The number of hydrogen-bond acceptors (Lipinski definition) is 5. The number of aromatic amines is 1. The van der Waals surface area contributed by atoms with Gasteiger partial charge in [0, 0.05) is 31.6 Å². The van der Waals surface area contributed by atoms with Crippen molar-refractivity contribution in [3.05, 3.63) is 39.4 Å². The molecule has 1 saturated heterocycles. The van der Waals surface area contributed by atoms with E-state index in [0.29, 0.717) is 31.0 Å². The van der Waals surface area contributed by atoms with Gasteiger partial charge in [-0.3, -0.25) is 4.98 Å². The summed E-state index contributed by atoms with van der Waals surface area (Å²) in [5.74, 6) is -0.117. The minimum absolute atomic E-state index is 0.117. The zero-order valence-electron chi connectivity index (χ0n) is 11.1. The molecule has 0 amide bonds. The van der Waals surface area contributed by atoms with E-state index >= 15 is 0 Å². The van der Waals surface area contributed by atoms with E-state index in [9.17, 15) is 9.59 Å².